The highest BCUT2D eigenvalue weighted by Gasteiger charge is 2.28. The average Bonchev–Trinajstić information content (AvgIpc) is 2.89. The van der Waals surface area contributed by atoms with Crippen molar-refractivity contribution >= 4 is 59.6 Å². The van der Waals surface area contributed by atoms with Crippen molar-refractivity contribution in [3.63, 3.8) is 0 Å². The molecule has 0 saturated carbocycles. The summed E-state index contributed by atoms with van der Waals surface area (Å²) < 4.78 is 5.96. The van der Waals surface area contributed by atoms with Crippen molar-refractivity contribution in [2.75, 3.05) is 37.7 Å². The van der Waals surface area contributed by atoms with E-state index in [1.165, 1.54) is 11.3 Å². The molecule has 1 aliphatic rings. The standard InChI is InChI=1S/C28H31Cl2N3O2.2ClH/c1-21-7-5-6-10-27(21)32-13-15-33(16-14-32)28(34)26(31-18-22-8-3-2-4-9-22)20-35-19-23-11-12-24(29)25(30)17-23;;/h2-12,17,26,31H,13-16,18-20H2,1H3;2*1H. The number of ether oxygens (including phenoxy) is 1. The van der Waals surface area contributed by atoms with Crippen molar-refractivity contribution in [1.82, 2.24) is 10.2 Å². The SMILES string of the molecule is Cc1ccccc1N1CCN(C(=O)C(COCc2ccc(Cl)c(Cl)c2)NCc2ccccc2)CC1.Cl.Cl. The second-order valence-electron chi connectivity index (χ2n) is 8.78. The molecule has 0 aliphatic carbocycles. The number of carbonyl (C=O) groups is 1. The molecule has 0 aromatic heterocycles. The minimum atomic E-state index is -0.442. The summed E-state index contributed by atoms with van der Waals surface area (Å²) in [5.41, 5.74) is 4.54. The van der Waals surface area contributed by atoms with Gasteiger partial charge in [0.05, 0.1) is 23.3 Å². The molecule has 1 saturated heterocycles. The number of nitrogens with zero attached hydrogens (tertiary/aromatic N) is 2. The first-order valence-electron chi connectivity index (χ1n) is 11.9. The highest BCUT2D eigenvalue weighted by atomic mass is 35.5. The molecule has 37 heavy (non-hydrogen) atoms. The van der Waals surface area contributed by atoms with E-state index in [9.17, 15) is 4.79 Å². The number of halogens is 4. The number of rotatable bonds is 9. The van der Waals surface area contributed by atoms with Gasteiger partial charge in [0.15, 0.2) is 0 Å². The van der Waals surface area contributed by atoms with Crippen LogP contribution in [0.25, 0.3) is 0 Å². The summed E-state index contributed by atoms with van der Waals surface area (Å²) in [5, 5.41) is 4.42. The Morgan fingerprint density at radius 2 is 1.57 bits per heavy atom. The quantitative estimate of drug-likeness (QED) is 0.327. The van der Waals surface area contributed by atoms with Crippen LogP contribution in [0.4, 0.5) is 5.69 Å². The van der Waals surface area contributed by atoms with Crippen LogP contribution in [0.5, 0.6) is 0 Å². The summed E-state index contributed by atoms with van der Waals surface area (Å²) in [6.45, 7) is 6.34. The molecule has 0 radical (unpaired) electrons. The first-order chi connectivity index (χ1) is 17.0. The average molecular weight is 585 g/mol. The Morgan fingerprint density at radius 1 is 0.892 bits per heavy atom. The molecular weight excluding hydrogens is 552 g/mol. The Labute approximate surface area is 241 Å². The van der Waals surface area contributed by atoms with E-state index in [1.54, 1.807) is 12.1 Å². The van der Waals surface area contributed by atoms with E-state index in [4.69, 9.17) is 27.9 Å². The smallest absolute Gasteiger partial charge is 0.242 e. The third kappa shape index (κ3) is 8.78. The van der Waals surface area contributed by atoms with Gasteiger partial charge in [-0.25, -0.2) is 0 Å². The molecule has 1 heterocycles. The maximum Gasteiger partial charge on any atom is 0.242 e. The van der Waals surface area contributed by atoms with Crippen LogP contribution in [-0.4, -0.2) is 49.6 Å². The maximum absolute atomic E-state index is 13.5. The Morgan fingerprint density at radius 3 is 2.24 bits per heavy atom. The van der Waals surface area contributed by atoms with Gasteiger partial charge in [-0.3, -0.25) is 10.1 Å². The summed E-state index contributed by atoms with van der Waals surface area (Å²) in [5.74, 6) is 0.0690. The fourth-order valence-electron chi connectivity index (χ4n) is 4.28. The number of hydrogen-bond acceptors (Lipinski definition) is 4. The number of anilines is 1. The normalized spacial score (nSPS) is 13.9. The van der Waals surface area contributed by atoms with Crippen molar-refractivity contribution in [1.29, 1.82) is 0 Å². The van der Waals surface area contributed by atoms with Gasteiger partial charge in [0.2, 0.25) is 5.91 Å². The van der Waals surface area contributed by atoms with Gasteiger partial charge in [-0.05, 0) is 41.8 Å². The van der Waals surface area contributed by atoms with Gasteiger partial charge >= 0.3 is 0 Å². The molecule has 1 fully saturated rings. The highest BCUT2D eigenvalue weighted by Crippen LogP contribution is 2.23. The van der Waals surface area contributed by atoms with E-state index < -0.39 is 6.04 Å². The zero-order valence-corrected chi connectivity index (χ0v) is 23.9. The van der Waals surface area contributed by atoms with Crippen LogP contribution in [0.2, 0.25) is 10.0 Å². The number of aryl methyl sites for hydroxylation is 1. The van der Waals surface area contributed by atoms with Gasteiger partial charge in [0.1, 0.15) is 6.04 Å². The molecule has 200 valence electrons. The molecule has 1 aliphatic heterocycles. The molecular formula is C28H33Cl4N3O2. The lowest BCUT2D eigenvalue weighted by Crippen LogP contribution is -2.55. The highest BCUT2D eigenvalue weighted by molar-refractivity contribution is 6.42. The summed E-state index contributed by atoms with van der Waals surface area (Å²) in [7, 11) is 0. The molecule has 0 bridgehead atoms. The maximum atomic E-state index is 13.5. The van der Waals surface area contributed by atoms with Crippen LogP contribution in [-0.2, 0) is 22.7 Å². The predicted octanol–water partition coefficient (Wildman–Crippen LogP) is 6.17. The third-order valence-electron chi connectivity index (χ3n) is 6.28. The fraction of sp³-hybridized carbons (Fsp3) is 0.321. The summed E-state index contributed by atoms with van der Waals surface area (Å²) in [6.07, 6.45) is 0. The van der Waals surface area contributed by atoms with Gasteiger partial charge in [-0.15, -0.1) is 24.8 Å². The van der Waals surface area contributed by atoms with E-state index in [0.29, 0.717) is 36.3 Å². The zero-order valence-electron chi connectivity index (χ0n) is 20.7. The molecule has 1 amide bonds. The Balaban J connectivity index is 0.00000241. The van der Waals surface area contributed by atoms with Crippen LogP contribution in [0.15, 0.2) is 72.8 Å². The second-order valence-corrected chi connectivity index (χ2v) is 9.60. The summed E-state index contributed by atoms with van der Waals surface area (Å²) in [6, 6.07) is 23.5. The number of hydrogen-bond donors (Lipinski definition) is 1. The predicted molar refractivity (Wildman–Crippen MR) is 158 cm³/mol. The molecule has 3 aromatic carbocycles. The number of piperazine rings is 1. The number of para-hydroxylation sites is 1. The van der Waals surface area contributed by atoms with Crippen molar-refractivity contribution in [2.45, 2.75) is 26.1 Å². The Bertz CT molecular complexity index is 1130. The Kier molecular flexibility index (Phi) is 13.0. The molecule has 1 N–H and O–H groups in total. The number of amides is 1. The lowest BCUT2D eigenvalue weighted by molar-refractivity contribution is -0.135. The summed E-state index contributed by atoms with van der Waals surface area (Å²) in [4.78, 5) is 17.8. The van der Waals surface area contributed by atoms with Crippen LogP contribution in [0, 0.1) is 6.92 Å². The molecule has 4 rings (SSSR count). The third-order valence-corrected chi connectivity index (χ3v) is 7.02. The van der Waals surface area contributed by atoms with Gasteiger partial charge in [0.25, 0.3) is 0 Å². The minimum Gasteiger partial charge on any atom is -0.375 e. The summed E-state index contributed by atoms with van der Waals surface area (Å²) >= 11 is 12.1. The van der Waals surface area contributed by atoms with Gasteiger partial charge in [-0.2, -0.15) is 0 Å². The van der Waals surface area contributed by atoms with Crippen molar-refractivity contribution in [2.24, 2.45) is 0 Å². The van der Waals surface area contributed by atoms with Gasteiger partial charge in [-0.1, -0.05) is 77.8 Å². The number of nitrogens with one attached hydrogen (secondary N) is 1. The topological polar surface area (TPSA) is 44.8 Å². The largest absolute Gasteiger partial charge is 0.375 e. The molecule has 1 unspecified atom stereocenters. The minimum absolute atomic E-state index is 0. The van der Waals surface area contributed by atoms with Crippen LogP contribution in [0.1, 0.15) is 16.7 Å². The molecule has 1 atom stereocenters. The van der Waals surface area contributed by atoms with Crippen molar-refractivity contribution < 1.29 is 9.53 Å². The van der Waals surface area contributed by atoms with Gasteiger partial charge < -0.3 is 14.5 Å². The van der Waals surface area contributed by atoms with Crippen LogP contribution in [0.3, 0.4) is 0 Å². The van der Waals surface area contributed by atoms with Crippen LogP contribution < -0.4 is 10.2 Å². The molecule has 9 heteroatoms. The Hall–Kier alpha value is -1.99. The molecule has 0 spiro atoms. The van der Waals surface area contributed by atoms with Crippen molar-refractivity contribution in [3.05, 3.63) is 99.5 Å². The van der Waals surface area contributed by atoms with E-state index >= 15 is 0 Å². The monoisotopic (exact) mass is 583 g/mol. The van der Waals surface area contributed by atoms with E-state index in [-0.39, 0.29) is 37.3 Å². The lowest BCUT2D eigenvalue weighted by Gasteiger charge is -2.38. The fourth-order valence-corrected chi connectivity index (χ4v) is 4.61. The second kappa shape index (κ2) is 15.4. The van der Waals surface area contributed by atoms with Gasteiger partial charge in [0, 0.05) is 38.4 Å². The first kappa shape index (κ1) is 31.2. The first-order valence-corrected chi connectivity index (χ1v) is 12.6. The number of benzene rings is 3. The lowest BCUT2D eigenvalue weighted by atomic mass is 10.1. The molecule has 3 aromatic rings. The zero-order chi connectivity index (χ0) is 24.6. The molecule has 5 nitrogen and oxygen atoms in total. The van der Waals surface area contributed by atoms with E-state index in [1.807, 2.05) is 41.3 Å². The van der Waals surface area contributed by atoms with Crippen molar-refractivity contribution in [3.8, 4) is 0 Å². The number of carbonyl (C=O) groups excluding carboxylic acids is 1. The van der Waals surface area contributed by atoms with E-state index in [2.05, 4.69) is 41.4 Å². The van der Waals surface area contributed by atoms with E-state index in [0.717, 1.165) is 24.2 Å². The van der Waals surface area contributed by atoms with Crippen LogP contribution >= 0.6 is 48.0 Å².